The molecule has 3 aromatic rings. The lowest BCUT2D eigenvalue weighted by Crippen LogP contribution is -2.45. The Balaban J connectivity index is 1.58. The normalized spacial score (nSPS) is 19.1. The first-order valence-electron chi connectivity index (χ1n) is 10.5. The van der Waals surface area contributed by atoms with Gasteiger partial charge in [0.15, 0.2) is 7.14 Å². The second-order valence-corrected chi connectivity index (χ2v) is 11.3. The number of hydrogen-bond donors (Lipinski definition) is 1. The summed E-state index contributed by atoms with van der Waals surface area (Å²) in [7, 11) is -3.14. The standard InChI is InChI=1S/C25H27N2O2PS/c1-19-17-27(18-20(2)29-19)22-15-13-21(14-16-22)26-25(31)30(28,23-9-5-3-6-10-23)24-11-7-4-8-12-24/h3-16,19-20H,17-18H2,1-2H3,(H,26,31)/t19-,20+. The van der Waals surface area contributed by atoms with Crippen molar-refractivity contribution >= 4 is 46.1 Å². The van der Waals surface area contributed by atoms with E-state index in [-0.39, 0.29) is 12.2 Å². The van der Waals surface area contributed by atoms with E-state index in [4.69, 9.17) is 17.0 Å². The minimum absolute atomic E-state index is 0.205. The Morgan fingerprint density at radius 1 is 0.871 bits per heavy atom. The number of rotatable bonds is 5. The number of morpholine rings is 1. The van der Waals surface area contributed by atoms with Crippen molar-refractivity contribution in [3.8, 4) is 0 Å². The van der Waals surface area contributed by atoms with Crippen LogP contribution in [-0.4, -0.2) is 30.0 Å². The van der Waals surface area contributed by atoms with Gasteiger partial charge in [-0.1, -0.05) is 72.9 Å². The predicted molar refractivity (Wildman–Crippen MR) is 135 cm³/mol. The summed E-state index contributed by atoms with van der Waals surface area (Å²) < 4.78 is 20.5. The van der Waals surface area contributed by atoms with Gasteiger partial charge in [0.2, 0.25) is 0 Å². The van der Waals surface area contributed by atoms with Crippen LogP contribution in [0.4, 0.5) is 11.4 Å². The van der Waals surface area contributed by atoms with Crippen LogP contribution in [-0.2, 0) is 9.30 Å². The average molecular weight is 451 g/mol. The average Bonchev–Trinajstić information content (AvgIpc) is 2.79. The zero-order chi connectivity index (χ0) is 21.8. The highest BCUT2D eigenvalue weighted by Crippen LogP contribution is 2.45. The minimum atomic E-state index is -3.14. The molecule has 4 rings (SSSR count). The summed E-state index contributed by atoms with van der Waals surface area (Å²) in [6, 6.07) is 27.1. The van der Waals surface area contributed by atoms with Gasteiger partial charge in [0.1, 0.15) is 4.73 Å². The zero-order valence-electron chi connectivity index (χ0n) is 17.8. The van der Waals surface area contributed by atoms with E-state index in [9.17, 15) is 4.57 Å². The second-order valence-electron chi connectivity index (χ2n) is 7.92. The summed E-state index contributed by atoms with van der Waals surface area (Å²) in [5.74, 6) is 0. The van der Waals surface area contributed by atoms with Crippen LogP contribution >= 0.6 is 19.4 Å². The third-order valence-electron chi connectivity index (χ3n) is 5.43. The van der Waals surface area contributed by atoms with Gasteiger partial charge in [-0.25, -0.2) is 0 Å². The fourth-order valence-corrected chi connectivity index (χ4v) is 6.99. The third kappa shape index (κ3) is 4.74. The van der Waals surface area contributed by atoms with Crippen LogP contribution in [0.5, 0.6) is 0 Å². The number of benzene rings is 3. The predicted octanol–water partition coefficient (Wildman–Crippen LogP) is 5.01. The molecule has 1 N–H and O–H groups in total. The molecule has 0 spiro atoms. The number of anilines is 2. The van der Waals surface area contributed by atoms with Crippen molar-refractivity contribution in [1.29, 1.82) is 0 Å². The fraction of sp³-hybridized carbons (Fsp3) is 0.240. The van der Waals surface area contributed by atoms with Crippen LogP contribution in [0, 0.1) is 0 Å². The van der Waals surface area contributed by atoms with Gasteiger partial charge in [0, 0.05) is 35.1 Å². The Morgan fingerprint density at radius 2 is 1.35 bits per heavy atom. The van der Waals surface area contributed by atoms with E-state index in [1.165, 1.54) is 0 Å². The minimum Gasteiger partial charge on any atom is -0.372 e. The third-order valence-corrected chi connectivity index (χ3v) is 9.04. The van der Waals surface area contributed by atoms with Gasteiger partial charge in [-0.15, -0.1) is 0 Å². The molecule has 1 fully saturated rings. The Labute approximate surface area is 189 Å². The topological polar surface area (TPSA) is 41.6 Å². The number of nitrogens with zero attached hydrogens (tertiary/aromatic N) is 1. The van der Waals surface area contributed by atoms with E-state index >= 15 is 0 Å². The molecule has 6 heteroatoms. The van der Waals surface area contributed by atoms with Crippen molar-refractivity contribution in [2.45, 2.75) is 26.1 Å². The highest BCUT2D eigenvalue weighted by molar-refractivity contribution is 8.08. The molecular weight excluding hydrogens is 423 g/mol. The zero-order valence-corrected chi connectivity index (χ0v) is 19.5. The van der Waals surface area contributed by atoms with Crippen molar-refractivity contribution in [3.63, 3.8) is 0 Å². The first-order valence-corrected chi connectivity index (χ1v) is 12.6. The molecule has 0 saturated carbocycles. The summed E-state index contributed by atoms with van der Waals surface area (Å²) in [6.45, 7) is 5.93. The van der Waals surface area contributed by atoms with Crippen LogP contribution in [0.1, 0.15) is 13.8 Å². The van der Waals surface area contributed by atoms with Crippen LogP contribution < -0.4 is 20.8 Å². The largest absolute Gasteiger partial charge is 0.372 e. The van der Waals surface area contributed by atoms with Crippen molar-refractivity contribution < 1.29 is 9.30 Å². The lowest BCUT2D eigenvalue weighted by atomic mass is 10.2. The van der Waals surface area contributed by atoms with Crippen molar-refractivity contribution in [2.24, 2.45) is 0 Å². The van der Waals surface area contributed by atoms with Gasteiger partial charge in [0.25, 0.3) is 0 Å². The Hall–Kier alpha value is -2.46. The van der Waals surface area contributed by atoms with Crippen LogP contribution in [0.25, 0.3) is 0 Å². The molecule has 0 bridgehead atoms. The first-order chi connectivity index (χ1) is 15.0. The van der Waals surface area contributed by atoms with Gasteiger partial charge in [0.05, 0.1) is 12.2 Å². The fourth-order valence-electron chi connectivity index (χ4n) is 4.01. The quantitative estimate of drug-likeness (QED) is 0.437. The highest BCUT2D eigenvalue weighted by Gasteiger charge is 2.32. The molecule has 31 heavy (non-hydrogen) atoms. The monoisotopic (exact) mass is 450 g/mol. The lowest BCUT2D eigenvalue weighted by molar-refractivity contribution is -0.00521. The van der Waals surface area contributed by atoms with Gasteiger partial charge in [-0.05, 0) is 38.1 Å². The van der Waals surface area contributed by atoms with E-state index < -0.39 is 7.14 Å². The van der Waals surface area contributed by atoms with Crippen LogP contribution in [0.2, 0.25) is 0 Å². The molecule has 1 heterocycles. The number of hydrogen-bond acceptors (Lipinski definition) is 4. The molecule has 0 radical (unpaired) electrons. The van der Waals surface area contributed by atoms with E-state index in [1.807, 2.05) is 72.8 Å². The Kier molecular flexibility index (Phi) is 6.57. The maximum Gasteiger partial charge on any atom is 0.197 e. The van der Waals surface area contributed by atoms with E-state index in [1.54, 1.807) is 0 Å². The number of ether oxygens (including phenoxy) is 1. The van der Waals surface area contributed by atoms with Gasteiger partial charge in [-0.2, -0.15) is 0 Å². The Morgan fingerprint density at radius 3 is 1.84 bits per heavy atom. The number of thiocarbonyl (C=S) groups is 1. The summed E-state index contributed by atoms with van der Waals surface area (Å²) in [4.78, 5) is 2.33. The van der Waals surface area contributed by atoms with Crippen molar-refractivity contribution in [1.82, 2.24) is 0 Å². The molecule has 3 aromatic carbocycles. The molecule has 2 atom stereocenters. The smallest absolute Gasteiger partial charge is 0.197 e. The molecular formula is C25H27N2O2PS. The molecule has 0 aromatic heterocycles. The van der Waals surface area contributed by atoms with Gasteiger partial charge >= 0.3 is 0 Å². The Bertz CT molecular complexity index is 1020. The van der Waals surface area contributed by atoms with E-state index in [2.05, 4.69) is 36.2 Å². The molecule has 1 saturated heterocycles. The molecule has 1 aliphatic heterocycles. The first kappa shape index (κ1) is 21.8. The second kappa shape index (κ2) is 9.35. The molecule has 0 amide bonds. The lowest BCUT2D eigenvalue weighted by Gasteiger charge is -2.36. The van der Waals surface area contributed by atoms with Crippen LogP contribution in [0.3, 0.4) is 0 Å². The SMILES string of the molecule is C[C@@H]1CN(c2ccc(NC(=S)P(=O)(c3ccccc3)c3ccccc3)cc2)C[C@H](C)O1. The summed E-state index contributed by atoms with van der Waals surface area (Å²) in [5, 5.41) is 4.71. The number of nitrogens with one attached hydrogen (secondary N) is 1. The molecule has 1 aliphatic rings. The maximum atomic E-state index is 14.3. The molecule has 4 nitrogen and oxygen atoms in total. The summed E-state index contributed by atoms with van der Waals surface area (Å²) in [6.07, 6.45) is 0.411. The van der Waals surface area contributed by atoms with Crippen molar-refractivity contribution in [2.75, 3.05) is 23.3 Å². The van der Waals surface area contributed by atoms with Gasteiger partial charge in [-0.3, -0.25) is 0 Å². The van der Waals surface area contributed by atoms with Crippen LogP contribution in [0.15, 0.2) is 84.9 Å². The van der Waals surface area contributed by atoms with Gasteiger partial charge < -0.3 is 19.5 Å². The van der Waals surface area contributed by atoms with E-state index in [0.717, 1.165) is 35.1 Å². The summed E-state index contributed by atoms with van der Waals surface area (Å²) in [5.41, 5.74) is 1.97. The van der Waals surface area contributed by atoms with E-state index in [0.29, 0.717) is 4.73 Å². The highest BCUT2D eigenvalue weighted by atomic mass is 32.1. The van der Waals surface area contributed by atoms with Crippen molar-refractivity contribution in [3.05, 3.63) is 84.9 Å². The molecule has 160 valence electrons. The molecule has 0 unspecified atom stereocenters. The maximum absolute atomic E-state index is 14.3. The molecule has 0 aliphatic carbocycles. The summed E-state index contributed by atoms with van der Waals surface area (Å²) >= 11 is 5.72.